The van der Waals surface area contributed by atoms with Gasteiger partial charge in [0.25, 0.3) is 0 Å². The number of hydrogen-bond donors (Lipinski definition) is 1. The van der Waals surface area contributed by atoms with Gasteiger partial charge in [0, 0.05) is 49.7 Å². The molecule has 24 heavy (non-hydrogen) atoms. The lowest BCUT2D eigenvalue weighted by molar-refractivity contribution is -0.135. The Morgan fingerprint density at radius 1 is 1.25 bits per heavy atom. The second kappa shape index (κ2) is 7.62. The van der Waals surface area contributed by atoms with Crippen LogP contribution in [0.15, 0.2) is 43.0 Å². The van der Waals surface area contributed by atoms with E-state index in [9.17, 15) is 4.79 Å². The van der Waals surface area contributed by atoms with Gasteiger partial charge in [-0.3, -0.25) is 4.79 Å². The van der Waals surface area contributed by atoms with Crippen molar-refractivity contribution in [1.29, 1.82) is 0 Å². The van der Waals surface area contributed by atoms with Crippen molar-refractivity contribution in [2.24, 2.45) is 5.92 Å². The fourth-order valence-electron chi connectivity index (χ4n) is 3.13. The van der Waals surface area contributed by atoms with Gasteiger partial charge < -0.3 is 14.8 Å². The molecular weight excluding hydrogens is 300 g/mol. The molecule has 2 heterocycles. The summed E-state index contributed by atoms with van der Waals surface area (Å²) in [4.78, 5) is 18.1. The van der Waals surface area contributed by atoms with Crippen LogP contribution in [-0.2, 0) is 11.3 Å². The van der Waals surface area contributed by atoms with Crippen LogP contribution in [0.25, 0.3) is 5.69 Å². The Labute approximate surface area is 143 Å². The van der Waals surface area contributed by atoms with Crippen LogP contribution in [0.2, 0.25) is 0 Å². The Balaban J connectivity index is 1.46. The largest absolute Gasteiger partial charge is 0.342 e. The number of carbonyl (C=O) groups is 1. The SMILES string of the molecule is CC(C)C(=O)N1CCC(NCc2ccc(-n3ccnc3)cc2)CC1. The lowest BCUT2D eigenvalue weighted by atomic mass is 10.0. The van der Waals surface area contributed by atoms with Crippen LogP contribution in [-0.4, -0.2) is 39.5 Å². The fraction of sp³-hybridized carbons (Fsp3) is 0.474. The number of benzene rings is 1. The highest BCUT2D eigenvalue weighted by Crippen LogP contribution is 2.14. The summed E-state index contributed by atoms with van der Waals surface area (Å²) in [7, 11) is 0. The van der Waals surface area contributed by atoms with E-state index in [-0.39, 0.29) is 11.8 Å². The van der Waals surface area contributed by atoms with Crippen LogP contribution in [0.3, 0.4) is 0 Å². The van der Waals surface area contributed by atoms with E-state index in [4.69, 9.17) is 0 Å². The van der Waals surface area contributed by atoms with Gasteiger partial charge in [0.15, 0.2) is 0 Å². The van der Waals surface area contributed by atoms with Gasteiger partial charge in [0.2, 0.25) is 5.91 Å². The number of amides is 1. The Bertz CT molecular complexity index is 641. The maximum atomic E-state index is 12.0. The number of hydrogen-bond acceptors (Lipinski definition) is 3. The molecule has 1 aromatic heterocycles. The second-order valence-electron chi connectivity index (χ2n) is 6.77. The minimum Gasteiger partial charge on any atom is -0.342 e. The number of likely N-dealkylation sites (tertiary alicyclic amines) is 1. The zero-order chi connectivity index (χ0) is 16.9. The summed E-state index contributed by atoms with van der Waals surface area (Å²) < 4.78 is 2.00. The maximum Gasteiger partial charge on any atom is 0.225 e. The molecule has 0 saturated carbocycles. The fourth-order valence-corrected chi connectivity index (χ4v) is 3.13. The summed E-state index contributed by atoms with van der Waals surface area (Å²) in [5.74, 6) is 0.382. The van der Waals surface area contributed by atoms with E-state index in [2.05, 4.69) is 34.6 Å². The lowest BCUT2D eigenvalue weighted by Crippen LogP contribution is -2.45. The summed E-state index contributed by atoms with van der Waals surface area (Å²) in [5, 5.41) is 3.62. The Kier molecular flexibility index (Phi) is 5.30. The number of aromatic nitrogens is 2. The number of nitrogens with one attached hydrogen (secondary N) is 1. The molecule has 1 fully saturated rings. The second-order valence-corrected chi connectivity index (χ2v) is 6.77. The first-order valence-corrected chi connectivity index (χ1v) is 8.73. The predicted octanol–water partition coefficient (Wildman–Crippen LogP) is 2.61. The van der Waals surface area contributed by atoms with Crippen LogP contribution in [0, 0.1) is 5.92 Å². The van der Waals surface area contributed by atoms with Gasteiger partial charge in [-0.25, -0.2) is 4.98 Å². The predicted molar refractivity (Wildman–Crippen MR) is 94.8 cm³/mol. The summed E-state index contributed by atoms with van der Waals surface area (Å²) in [6, 6.07) is 9.03. The molecule has 1 amide bonds. The Morgan fingerprint density at radius 3 is 2.54 bits per heavy atom. The van der Waals surface area contributed by atoms with Gasteiger partial charge in [0.05, 0.1) is 6.33 Å². The summed E-state index contributed by atoms with van der Waals surface area (Å²) in [5.41, 5.74) is 2.40. The molecule has 128 valence electrons. The molecule has 0 unspecified atom stereocenters. The van der Waals surface area contributed by atoms with E-state index in [1.807, 2.05) is 29.5 Å². The average Bonchev–Trinajstić information content (AvgIpc) is 3.15. The van der Waals surface area contributed by atoms with Crippen molar-refractivity contribution in [2.75, 3.05) is 13.1 Å². The molecule has 1 N–H and O–H groups in total. The van der Waals surface area contributed by atoms with Gasteiger partial charge in [0.1, 0.15) is 0 Å². The first-order chi connectivity index (χ1) is 11.6. The zero-order valence-corrected chi connectivity index (χ0v) is 14.5. The van der Waals surface area contributed by atoms with E-state index in [0.717, 1.165) is 38.2 Å². The van der Waals surface area contributed by atoms with E-state index >= 15 is 0 Å². The standard InChI is InChI=1S/C19H26N4O/c1-15(2)19(24)22-10-7-17(8-11-22)21-13-16-3-5-18(6-4-16)23-12-9-20-14-23/h3-6,9,12,14-15,17,21H,7-8,10-11,13H2,1-2H3. The van der Waals surface area contributed by atoms with Gasteiger partial charge in [-0.2, -0.15) is 0 Å². The molecular formula is C19H26N4O. The third kappa shape index (κ3) is 4.03. The van der Waals surface area contributed by atoms with E-state index in [1.165, 1.54) is 5.56 Å². The van der Waals surface area contributed by atoms with Crippen LogP contribution in [0.1, 0.15) is 32.3 Å². The van der Waals surface area contributed by atoms with Crippen LogP contribution < -0.4 is 5.32 Å². The molecule has 1 aromatic carbocycles. The normalized spacial score (nSPS) is 15.9. The lowest BCUT2D eigenvalue weighted by Gasteiger charge is -2.33. The highest BCUT2D eigenvalue weighted by Gasteiger charge is 2.23. The minimum absolute atomic E-state index is 0.100. The smallest absolute Gasteiger partial charge is 0.225 e. The van der Waals surface area contributed by atoms with Crippen LogP contribution >= 0.6 is 0 Å². The quantitative estimate of drug-likeness (QED) is 0.919. The van der Waals surface area contributed by atoms with Crippen molar-refractivity contribution < 1.29 is 4.79 Å². The van der Waals surface area contributed by atoms with Crippen molar-refractivity contribution in [3.05, 3.63) is 48.5 Å². The zero-order valence-electron chi connectivity index (χ0n) is 14.5. The molecule has 5 nitrogen and oxygen atoms in total. The summed E-state index contributed by atoms with van der Waals surface area (Å²) in [6.45, 7) is 6.55. The number of nitrogens with zero attached hydrogens (tertiary/aromatic N) is 3. The van der Waals surface area contributed by atoms with Crippen molar-refractivity contribution in [3.8, 4) is 5.69 Å². The maximum absolute atomic E-state index is 12.0. The minimum atomic E-state index is 0.100. The van der Waals surface area contributed by atoms with Crippen molar-refractivity contribution in [2.45, 2.75) is 39.3 Å². The summed E-state index contributed by atoms with van der Waals surface area (Å²) >= 11 is 0. The van der Waals surface area contributed by atoms with Gasteiger partial charge in [-0.1, -0.05) is 26.0 Å². The number of piperidine rings is 1. The molecule has 3 rings (SSSR count). The molecule has 1 aliphatic heterocycles. The monoisotopic (exact) mass is 326 g/mol. The highest BCUT2D eigenvalue weighted by molar-refractivity contribution is 5.78. The van der Waals surface area contributed by atoms with Crippen molar-refractivity contribution >= 4 is 5.91 Å². The first kappa shape index (κ1) is 16.7. The highest BCUT2D eigenvalue weighted by atomic mass is 16.2. The molecule has 0 atom stereocenters. The molecule has 0 bridgehead atoms. The van der Waals surface area contributed by atoms with Gasteiger partial charge in [-0.05, 0) is 30.5 Å². The Hall–Kier alpha value is -2.14. The molecule has 5 heteroatoms. The third-order valence-corrected chi connectivity index (χ3v) is 4.63. The van der Waals surface area contributed by atoms with E-state index < -0.39 is 0 Å². The third-order valence-electron chi connectivity index (χ3n) is 4.63. The van der Waals surface area contributed by atoms with E-state index in [1.54, 1.807) is 12.5 Å². The summed E-state index contributed by atoms with van der Waals surface area (Å²) in [6.07, 6.45) is 7.60. The average molecular weight is 326 g/mol. The van der Waals surface area contributed by atoms with Gasteiger partial charge >= 0.3 is 0 Å². The molecule has 1 aliphatic rings. The number of rotatable bonds is 5. The number of imidazole rings is 1. The van der Waals surface area contributed by atoms with E-state index in [0.29, 0.717) is 6.04 Å². The van der Waals surface area contributed by atoms with Gasteiger partial charge in [-0.15, -0.1) is 0 Å². The Morgan fingerprint density at radius 2 is 1.96 bits per heavy atom. The van der Waals surface area contributed by atoms with Crippen LogP contribution in [0.5, 0.6) is 0 Å². The van der Waals surface area contributed by atoms with Crippen LogP contribution in [0.4, 0.5) is 0 Å². The van der Waals surface area contributed by atoms with Crippen molar-refractivity contribution in [1.82, 2.24) is 19.8 Å². The molecule has 2 aromatic rings. The molecule has 0 aliphatic carbocycles. The molecule has 1 saturated heterocycles. The number of carbonyl (C=O) groups excluding carboxylic acids is 1. The topological polar surface area (TPSA) is 50.2 Å². The first-order valence-electron chi connectivity index (χ1n) is 8.73. The molecule has 0 spiro atoms. The van der Waals surface area contributed by atoms with Crippen molar-refractivity contribution in [3.63, 3.8) is 0 Å². The molecule has 0 radical (unpaired) electrons.